The number of aromatic nitrogens is 2. The van der Waals surface area contributed by atoms with Crippen LogP contribution in [0.15, 0.2) is 21.9 Å². The first-order valence-corrected chi connectivity index (χ1v) is 5.67. The summed E-state index contributed by atoms with van der Waals surface area (Å²) in [7, 11) is 0. The molecule has 0 bridgehead atoms. The zero-order chi connectivity index (χ0) is 12.5. The Morgan fingerprint density at radius 2 is 2.00 bits per heavy atom. The lowest BCUT2D eigenvalue weighted by Crippen LogP contribution is -2.51. The molecule has 0 spiro atoms. The Morgan fingerprint density at radius 3 is 2.44 bits per heavy atom. The molecule has 1 rings (SSSR count). The number of nitrogens with zero attached hydrogens (tertiary/aromatic N) is 2. The molecule has 0 aliphatic carbocycles. The second-order valence-corrected chi connectivity index (χ2v) is 5.92. The predicted molar refractivity (Wildman–Crippen MR) is 65.7 cm³/mol. The van der Waals surface area contributed by atoms with Crippen LogP contribution in [0.2, 0.25) is 0 Å². The molecular formula is C8H9Br2N3O3. The quantitative estimate of drug-likeness (QED) is 0.800. The summed E-state index contributed by atoms with van der Waals surface area (Å²) >= 11 is 6.09. The summed E-state index contributed by atoms with van der Waals surface area (Å²) in [6.07, 6.45) is 1.20. The molecule has 0 radical (unpaired) electrons. The molecule has 6 nitrogen and oxygen atoms in total. The lowest BCUT2D eigenvalue weighted by molar-refractivity contribution is 0.0772. The molecule has 0 unspecified atom stereocenters. The number of hydrogen-bond donors (Lipinski definition) is 1. The number of hydrogen-bond acceptors (Lipinski definition) is 4. The minimum atomic E-state index is -1.09. The van der Waals surface area contributed by atoms with Crippen molar-refractivity contribution in [2.75, 3.05) is 0 Å². The van der Waals surface area contributed by atoms with Gasteiger partial charge in [0.25, 0.3) is 11.5 Å². The van der Waals surface area contributed by atoms with Gasteiger partial charge in [-0.1, -0.05) is 0 Å². The van der Waals surface area contributed by atoms with Crippen LogP contribution in [0.1, 0.15) is 18.6 Å². The van der Waals surface area contributed by atoms with Crippen LogP contribution in [0, 0.1) is 0 Å². The van der Waals surface area contributed by atoms with Crippen molar-refractivity contribution in [3.8, 4) is 0 Å². The Kier molecular flexibility index (Phi) is 3.87. The third kappa shape index (κ3) is 2.33. The molecular weight excluding hydrogens is 346 g/mol. The Hall–Kier alpha value is -0.730. The van der Waals surface area contributed by atoms with Crippen LogP contribution in [0.4, 0.5) is 0 Å². The van der Waals surface area contributed by atoms with Gasteiger partial charge in [-0.25, -0.2) is 4.79 Å². The molecule has 88 valence electrons. The topological polar surface area (TPSA) is 75.2 Å². The number of carbonyl (C=O) groups is 1. The average Bonchev–Trinajstić information content (AvgIpc) is 2.16. The number of halogens is 2. The Labute approximate surface area is 108 Å². The SMILES string of the molecule is CC(C)(C(=O)n1c(=O)cc[nH]c1=O)N(Br)Br. The van der Waals surface area contributed by atoms with Crippen molar-refractivity contribution in [1.29, 1.82) is 0 Å². The largest absolute Gasteiger partial charge is 0.335 e. The summed E-state index contributed by atoms with van der Waals surface area (Å²) in [5, 5.41) is 0. The Morgan fingerprint density at radius 1 is 1.44 bits per heavy atom. The van der Waals surface area contributed by atoms with Crippen molar-refractivity contribution in [1.82, 2.24) is 12.5 Å². The number of nitrogens with one attached hydrogen (secondary N) is 1. The molecule has 1 aromatic rings. The second-order valence-electron chi connectivity index (χ2n) is 3.55. The van der Waals surface area contributed by atoms with Gasteiger partial charge in [0.1, 0.15) is 5.54 Å². The van der Waals surface area contributed by atoms with Crippen molar-refractivity contribution in [3.63, 3.8) is 0 Å². The number of H-pyrrole nitrogens is 1. The van der Waals surface area contributed by atoms with Gasteiger partial charge in [0.15, 0.2) is 0 Å². The van der Waals surface area contributed by atoms with Crippen LogP contribution in [0.25, 0.3) is 0 Å². The number of rotatable bonds is 2. The fraction of sp³-hybridized carbons (Fsp3) is 0.375. The van der Waals surface area contributed by atoms with E-state index in [4.69, 9.17) is 0 Å². The zero-order valence-electron chi connectivity index (χ0n) is 8.53. The van der Waals surface area contributed by atoms with Gasteiger partial charge in [-0.2, -0.15) is 7.52 Å². The van der Waals surface area contributed by atoms with Crippen molar-refractivity contribution in [2.45, 2.75) is 19.4 Å². The van der Waals surface area contributed by atoms with Crippen molar-refractivity contribution in [3.05, 3.63) is 33.1 Å². The minimum Gasteiger partial charge on any atom is -0.314 e. The summed E-state index contributed by atoms with van der Waals surface area (Å²) < 4.78 is 1.82. The van der Waals surface area contributed by atoms with E-state index in [1.54, 1.807) is 13.8 Å². The molecule has 1 aromatic heterocycles. The highest BCUT2D eigenvalue weighted by atomic mass is 79.9. The minimum absolute atomic E-state index is 0.551. The maximum atomic E-state index is 12.0. The molecule has 0 atom stereocenters. The van der Waals surface area contributed by atoms with E-state index in [0.29, 0.717) is 4.57 Å². The Balaban J connectivity index is 3.37. The Bertz CT molecular complexity index is 490. The van der Waals surface area contributed by atoms with Gasteiger partial charge in [-0.05, 0) is 13.8 Å². The monoisotopic (exact) mass is 353 g/mol. The maximum absolute atomic E-state index is 12.0. The van der Waals surface area contributed by atoms with Gasteiger partial charge in [0, 0.05) is 44.6 Å². The fourth-order valence-corrected chi connectivity index (χ4v) is 1.27. The van der Waals surface area contributed by atoms with Gasteiger partial charge < -0.3 is 4.98 Å². The van der Waals surface area contributed by atoms with Gasteiger partial charge in [0.05, 0.1) is 0 Å². The molecule has 1 heterocycles. The first-order valence-electron chi connectivity index (χ1n) is 4.26. The summed E-state index contributed by atoms with van der Waals surface area (Å²) in [6.45, 7) is 3.11. The third-order valence-electron chi connectivity index (χ3n) is 2.01. The highest BCUT2D eigenvalue weighted by molar-refractivity contribution is 9.21. The van der Waals surface area contributed by atoms with E-state index in [2.05, 4.69) is 37.3 Å². The maximum Gasteiger partial charge on any atom is 0.335 e. The standard InChI is InChI=1S/C8H9Br2N3O3/c1-8(2,13(9)10)6(15)12-5(14)3-4-11-7(12)16/h3-4H,1-2H3,(H,11,16). The van der Waals surface area contributed by atoms with Crippen LogP contribution in [-0.4, -0.2) is 23.9 Å². The normalized spacial score (nSPS) is 11.8. The molecule has 0 aliphatic heterocycles. The summed E-state index contributed by atoms with van der Waals surface area (Å²) in [6, 6.07) is 1.11. The van der Waals surface area contributed by atoms with Crippen LogP contribution >= 0.6 is 32.3 Å². The predicted octanol–water partition coefficient (Wildman–Crippen LogP) is 0.877. The smallest absolute Gasteiger partial charge is 0.314 e. The van der Waals surface area contributed by atoms with Crippen molar-refractivity contribution >= 4 is 38.2 Å². The van der Waals surface area contributed by atoms with Crippen LogP contribution in [0.5, 0.6) is 0 Å². The highest BCUT2D eigenvalue weighted by Crippen LogP contribution is 2.23. The van der Waals surface area contributed by atoms with Gasteiger partial charge in [0.2, 0.25) is 0 Å². The highest BCUT2D eigenvalue weighted by Gasteiger charge is 2.35. The van der Waals surface area contributed by atoms with E-state index in [9.17, 15) is 14.4 Å². The van der Waals surface area contributed by atoms with E-state index in [0.717, 1.165) is 6.07 Å². The molecule has 0 saturated heterocycles. The van der Waals surface area contributed by atoms with E-state index in [1.165, 1.54) is 9.15 Å². The van der Waals surface area contributed by atoms with Crippen molar-refractivity contribution < 1.29 is 4.79 Å². The summed E-state index contributed by atoms with van der Waals surface area (Å²) in [5.74, 6) is -0.645. The first-order chi connectivity index (χ1) is 7.28. The van der Waals surface area contributed by atoms with Crippen LogP contribution in [0.3, 0.4) is 0 Å². The van der Waals surface area contributed by atoms with Crippen molar-refractivity contribution in [2.24, 2.45) is 0 Å². The molecule has 0 fully saturated rings. The molecule has 0 aromatic carbocycles. The van der Waals surface area contributed by atoms with Crippen LogP contribution < -0.4 is 11.2 Å². The number of aromatic amines is 1. The molecule has 0 saturated carbocycles. The van der Waals surface area contributed by atoms with E-state index >= 15 is 0 Å². The van der Waals surface area contributed by atoms with E-state index in [-0.39, 0.29) is 0 Å². The number of carbonyl (C=O) groups excluding carboxylic acids is 1. The lowest BCUT2D eigenvalue weighted by Gasteiger charge is -2.26. The molecule has 8 heteroatoms. The zero-order valence-corrected chi connectivity index (χ0v) is 11.7. The van der Waals surface area contributed by atoms with Crippen LogP contribution in [-0.2, 0) is 0 Å². The van der Waals surface area contributed by atoms with E-state index < -0.39 is 22.7 Å². The fourth-order valence-electron chi connectivity index (χ4n) is 0.962. The molecule has 0 aliphatic rings. The third-order valence-corrected chi connectivity index (χ3v) is 3.78. The second kappa shape index (κ2) is 4.64. The molecule has 1 N–H and O–H groups in total. The lowest BCUT2D eigenvalue weighted by atomic mass is 10.1. The first kappa shape index (κ1) is 13.3. The van der Waals surface area contributed by atoms with E-state index in [1.807, 2.05) is 0 Å². The van der Waals surface area contributed by atoms with Gasteiger partial charge in [-0.3, -0.25) is 9.59 Å². The van der Waals surface area contributed by atoms with Gasteiger partial charge in [-0.15, -0.1) is 0 Å². The average molecular weight is 355 g/mol. The summed E-state index contributed by atoms with van der Waals surface area (Å²) in [5.41, 5.74) is -2.51. The molecule has 0 amide bonds. The summed E-state index contributed by atoms with van der Waals surface area (Å²) in [4.78, 5) is 37.1. The van der Waals surface area contributed by atoms with Gasteiger partial charge >= 0.3 is 5.69 Å². The molecule has 16 heavy (non-hydrogen) atoms.